The van der Waals surface area contributed by atoms with E-state index in [1.807, 2.05) is 6.07 Å². The van der Waals surface area contributed by atoms with E-state index in [9.17, 15) is 0 Å². The minimum Gasteiger partial charge on any atom is -0.487 e. The second-order valence-corrected chi connectivity index (χ2v) is 8.73. The summed E-state index contributed by atoms with van der Waals surface area (Å²) in [5, 5.41) is 7.11. The van der Waals surface area contributed by atoms with Crippen LogP contribution in [0.5, 0.6) is 5.75 Å². The summed E-state index contributed by atoms with van der Waals surface area (Å²) in [6.45, 7) is 14.1. The van der Waals surface area contributed by atoms with Gasteiger partial charge in [0.05, 0.1) is 6.04 Å². The van der Waals surface area contributed by atoms with Crippen molar-refractivity contribution in [2.24, 2.45) is 10.9 Å². The molecule has 1 aromatic carbocycles. The number of hydrogen-bond donors (Lipinski definition) is 2. The maximum atomic E-state index is 6.17. The average Bonchev–Trinajstić information content (AvgIpc) is 2.68. The number of piperidine rings is 1. The van der Waals surface area contributed by atoms with Gasteiger partial charge in [-0.05, 0) is 71.7 Å². The first kappa shape index (κ1) is 24.3. The number of hydrogen-bond acceptors (Lipinski definition) is 3. The van der Waals surface area contributed by atoms with Gasteiger partial charge < -0.3 is 20.3 Å². The van der Waals surface area contributed by atoms with Gasteiger partial charge in [-0.2, -0.15) is 0 Å². The van der Waals surface area contributed by atoms with Gasteiger partial charge >= 0.3 is 0 Å². The minimum atomic E-state index is -0.184. The molecular weight excluding hydrogens is 475 g/mol. The number of nitrogens with zero attached hydrogens (tertiary/aromatic N) is 2. The van der Waals surface area contributed by atoms with Crippen molar-refractivity contribution in [2.75, 3.05) is 32.7 Å². The van der Waals surface area contributed by atoms with Crippen molar-refractivity contribution in [1.29, 1.82) is 0 Å². The molecule has 2 aliphatic rings. The molecule has 5 nitrogen and oxygen atoms in total. The van der Waals surface area contributed by atoms with Crippen LogP contribution < -0.4 is 15.4 Å². The number of nitrogens with one attached hydrogen (secondary N) is 2. The first-order valence-electron chi connectivity index (χ1n) is 11.1. The van der Waals surface area contributed by atoms with Crippen molar-refractivity contribution in [2.45, 2.75) is 65.0 Å². The molecule has 0 saturated carbocycles. The van der Waals surface area contributed by atoms with Crippen LogP contribution in [-0.4, -0.2) is 49.2 Å². The Balaban J connectivity index is 0.00000300. The predicted molar refractivity (Wildman–Crippen MR) is 132 cm³/mol. The topological polar surface area (TPSA) is 48.9 Å². The molecule has 2 heterocycles. The molecular formula is C23H39IN4O. The Labute approximate surface area is 194 Å². The van der Waals surface area contributed by atoms with Crippen molar-refractivity contribution < 1.29 is 4.74 Å². The number of rotatable bonds is 6. The summed E-state index contributed by atoms with van der Waals surface area (Å²) >= 11 is 0. The van der Waals surface area contributed by atoms with Crippen LogP contribution in [0.4, 0.5) is 0 Å². The fraction of sp³-hybridized carbons (Fsp3) is 0.696. The van der Waals surface area contributed by atoms with Crippen LogP contribution in [0.25, 0.3) is 0 Å². The molecule has 164 valence electrons. The van der Waals surface area contributed by atoms with Gasteiger partial charge in [0.25, 0.3) is 0 Å². The van der Waals surface area contributed by atoms with E-state index in [0.29, 0.717) is 0 Å². The molecule has 0 radical (unpaired) electrons. The zero-order valence-electron chi connectivity index (χ0n) is 18.5. The first-order chi connectivity index (χ1) is 13.5. The SMILES string of the molecule is CCNC(=NCCC1CCN(CC)CC1)NC1CC(C)(C)Oc2ccccc21.I. The van der Waals surface area contributed by atoms with Gasteiger partial charge in [-0.3, -0.25) is 4.99 Å². The van der Waals surface area contributed by atoms with Crippen LogP contribution in [0, 0.1) is 5.92 Å². The van der Waals surface area contributed by atoms with Gasteiger partial charge in [0.2, 0.25) is 0 Å². The van der Waals surface area contributed by atoms with Gasteiger partial charge in [0.15, 0.2) is 5.96 Å². The molecule has 0 aromatic heterocycles. The number of ether oxygens (including phenoxy) is 1. The van der Waals surface area contributed by atoms with Crippen molar-refractivity contribution in [1.82, 2.24) is 15.5 Å². The molecule has 0 aliphatic carbocycles. The lowest BCUT2D eigenvalue weighted by atomic mass is 9.90. The summed E-state index contributed by atoms with van der Waals surface area (Å²) < 4.78 is 6.17. The number of aliphatic imine (C=N–C) groups is 1. The van der Waals surface area contributed by atoms with Crippen LogP contribution in [0.3, 0.4) is 0 Å². The molecule has 2 N–H and O–H groups in total. The Hall–Kier alpha value is -1.02. The fourth-order valence-electron chi connectivity index (χ4n) is 4.37. The third-order valence-electron chi connectivity index (χ3n) is 5.99. The highest BCUT2D eigenvalue weighted by Crippen LogP contribution is 2.39. The normalized spacial score (nSPS) is 22.2. The molecule has 29 heavy (non-hydrogen) atoms. The Kier molecular flexibility index (Phi) is 9.53. The van der Waals surface area contributed by atoms with E-state index >= 15 is 0 Å². The number of likely N-dealkylation sites (tertiary alicyclic amines) is 1. The Morgan fingerprint density at radius 2 is 1.93 bits per heavy atom. The van der Waals surface area contributed by atoms with Gasteiger partial charge in [-0.1, -0.05) is 25.1 Å². The van der Waals surface area contributed by atoms with Crippen molar-refractivity contribution in [3.63, 3.8) is 0 Å². The van der Waals surface area contributed by atoms with E-state index in [0.717, 1.165) is 37.1 Å². The Bertz CT molecular complexity index is 656. The summed E-state index contributed by atoms with van der Waals surface area (Å²) in [7, 11) is 0. The maximum absolute atomic E-state index is 6.17. The lowest BCUT2D eigenvalue weighted by molar-refractivity contribution is 0.0694. The van der Waals surface area contributed by atoms with Crippen LogP contribution in [0.2, 0.25) is 0 Å². The fourth-order valence-corrected chi connectivity index (χ4v) is 4.37. The molecule has 0 spiro atoms. The lowest BCUT2D eigenvalue weighted by Crippen LogP contribution is -2.45. The van der Waals surface area contributed by atoms with Gasteiger partial charge in [-0.25, -0.2) is 0 Å². The van der Waals surface area contributed by atoms with Crippen LogP contribution in [0.1, 0.15) is 65.0 Å². The van der Waals surface area contributed by atoms with E-state index in [2.05, 4.69) is 61.4 Å². The number of halogens is 1. The molecule has 1 atom stereocenters. The first-order valence-corrected chi connectivity index (χ1v) is 11.1. The number of fused-ring (bicyclic) bond motifs is 1. The van der Waals surface area contributed by atoms with E-state index in [1.54, 1.807) is 0 Å². The standard InChI is InChI=1S/C23H38N4O.HI/c1-5-24-22(25-14-11-18-12-15-27(6-2)16-13-18)26-20-17-23(3,4)28-21-10-8-7-9-19(20)21;/h7-10,18,20H,5-6,11-17H2,1-4H3,(H2,24,25,26);1H. The van der Waals surface area contributed by atoms with Crippen LogP contribution in [0.15, 0.2) is 29.3 Å². The lowest BCUT2D eigenvalue weighted by Gasteiger charge is -2.38. The molecule has 3 rings (SSSR count). The summed E-state index contributed by atoms with van der Waals surface area (Å²) in [4.78, 5) is 7.45. The second kappa shape index (κ2) is 11.4. The predicted octanol–water partition coefficient (Wildman–Crippen LogP) is 4.58. The van der Waals surface area contributed by atoms with E-state index in [1.165, 1.54) is 44.5 Å². The highest BCUT2D eigenvalue weighted by molar-refractivity contribution is 14.0. The highest BCUT2D eigenvalue weighted by Gasteiger charge is 2.34. The summed E-state index contributed by atoms with van der Waals surface area (Å²) in [5.74, 6) is 2.72. The maximum Gasteiger partial charge on any atom is 0.191 e. The number of benzene rings is 1. The van der Waals surface area contributed by atoms with Gasteiger partial charge in [-0.15, -0.1) is 24.0 Å². The summed E-state index contributed by atoms with van der Waals surface area (Å²) in [5.41, 5.74) is 1.04. The van der Waals surface area contributed by atoms with Crippen LogP contribution in [-0.2, 0) is 0 Å². The van der Waals surface area contributed by atoms with Crippen molar-refractivity contribution in [3.8, 4) is 5.75 Å². The quantitative estimate of drug-likeness (QED) is 0.332. The minimum absolute atomic E-state index is 0. The summed E-state index contributed by atoms with van der Waals surface area (Å²) in [6.07, 6.45) is 4.73. The average molecular weight is 514 g/mol. The zero-order chi connectivity index (χ0) is 20.0. The number of para-hydroxylation sites is 1. The van der Waals surface area contributed by atoms with E-state index in [-0.39, 0.29) is 35.6 Å². The second-order valence-electron chi connectivity index (χ2n) is 8.73. The smallest absolute Gasteiger partial charge is 0.191 e. The van der Waals surface area contributed by atoms with Gasteiger partial charge in [0, 0.05) is 25.1 Å². The molecule has 1 fully saturated rings. The molecule has 6 heteroatoms. The molecule has 0 amide bonds. The van der Waals surface area contributed by atoms with E-state index < -0.39 is 0 Å². The number of guanidine groups is 1. The molecule has 1 unspecified atom stereocenters. The molecule has 1 saturated heterocycles. The molecule has 0 bridgehead atoms. The Morgan fingerprint density at radius 3 is 2.62 bits per heavy atom. The third kappa shape index (κ3) is 7.02. The van der Waals surface area contributed by atoms with Crippen molar-refractivity contribution in [3.05, 3.63) is 29.8 Å². The Morgan fingerprint density at radius 1 is 1.21 bits per heavy atom. The zero-order valence-corrected chi connectivity index (χ0v) is 20.9. The van der Waals surface area contributed by atoms with E-state index in [4.69, 9.17) is 9.73 Å². The van der Waals surface area contributed by atoms with Gasteiger partial charge in [0.1, 0.15) is 11.4 Å². The third-order valence-corrected chi connectivity index (χ3v) is 5.99. The largest absolute Gasteiger partial charge is 0.487 e. The monoisotopic (exact) mass is 514 g/mol. The van der Waals surface area contributed by atoms with Crippen molar-refractivity contribution >= 4 is 29.9 Å². The molecule has 2 aliphatic heterocycles. The molecule has 1 aromatic rings. The highest BCUT2D eigenvalue weighted by atomic mass is 127. The summed E-state index contributed by atoms with van der Waals surface area (Å²) in [6, 6.07) is 8.57. The van der Waals surface area contributed by atoms with Crippen LogP contribution >= 0.6 is 24.0 Å².